The van der Waals surface area contributed by atoms with Gasteiger partial charge < -0.3 is 4.74 Å². The summed E-state index contributed by atoms with van der Waals surface area (Å²) < 4.78 is 6.10. The van der Waals surface area contributed by atoms with Crippen LogP contribution < -0.4 is 5.43 Å². The molecule has 0 radical (unpaired) electrons. The number of nitrogens with zero attached hydrogens (tertiary/aromatic N) is 2. The molecule has 78 valence electrons. The second-order valence-corrected chi connectivity index (χ2v) is 3.82. The molecule has 0 aliphatic rings. The van der Waals surface area contributed by atoms with Crippen LogP contribution in [0, 0.1) is 0 Å². The maximum Gasteiger partial charge on any atom is 0.204 e. The number of fused-ring (bicyclic) bond motifs is 1. The van der Waals surface area contributed by atoms with Gasteiger partial charge in [-0.15, -0.1) is 5.10 Å². The molecule has 0 aliphatic carbocycles. The van der Waals surface area contributed by atoms with E-state index in [1.807, 2.05) is 31.2 Å². The number of ether oxygens (including phenoxy) is 1. The smallest absolute Gasteiger partial charge is 0.204 e. The van der Waals surface area contributed by atoms with Gasteiger partial charge >= 0.3 is 0 Å². The standard InChI is InChI=1S/C10H11N3OS/c1-2-14-7-11-13-10-12-8-5-3-4-6-9(8)15-10/h3-7H,2H2,1H3,(H,12,13). The Bertz CT molecular complexity index is 433. The fourth-order valence-corrected chi connectivity index (χ4v) is 1.93. The van der Waals surface area contributed by atoms with Gasteiger partial charge in [-0.1, -0.05) is 23.5 Å². The Balaban J connectivity index is 2.09. The largest absolute Gasteiger partial charge is 0.482 e. The average molecular weight is 221 g/mol. The minimum Gasteiger partial charge on any atom is -0.482 e. The molecule has 1 N–H and O–H groups in total. The summed E-state index contributed by atoms with van der Waals surface area (Å²) >= 11 is 1.56. The summed E-state index contributed by atoms with van der Waals surface area (Å²) in [5.41, 5.74) is 3.80. The zero-order chi connectivity index (χ0) is 10.5. The lowest BCUT2D eigenvalue weighted by molar-refractivity contribution is 0.343. The zero-order valence-corrected chi connectivity index (χ0v) is 9.12. The Kier molecular flexibility index (Phi) is 3.14. The van der Waals surface area contributed by atoms with Gasteiger partial charge in [0.2, 0.25) is 5.13 Å². The number of rotatable bonds is 4. The molecule has 1 aromatic heterocycles. The third-order valence-electron chi connectivity index (χ3n) is 1.75. The first-order chi connectivity index (χ1) is 7.40. The van der Waals surface area contributed by atoms with Crippen LogP contribution >= 0.6 is 11.3 Å². The van der Waals surface area contributed by atoms with Crippen LogP contribution in [-0.2, 0) is 4.74 Å². The normalized spacial score (nSPS) is 11.0. The fourth-order valence-electron chi connectivity index (χ4n) is 1.11. The zero-order valence-electron chi connectivity index (χ0n) is 8.30. The van der Waals surface area contributed by atoms with Gasteiger partial charge in [0.05, 0.1) is 16.8 Å². The molecule has 0 aliphatic heterocycles. The van der Waals surface area contributed by atoms with Gasteiger partial charge in [-0.25, -0.2) is 10.4 Å². The molecule has 4 nitrogen and oxygen atoms in total. The van der Waals surface area contributed by atoms with Crippen LogP contribution in [-0.4, -0.2) is 18.0 Å². The van der Waals surface area contributed by atoms with Crippen molar-refractivity contribution in [3.05, 3.63) is 24.3 Å². The van der Waals surface area contributed by atoms with Crippen LogP contribution in [0.3, 0.4) is 0 Å². The second-order valence-electron chi connectivity index (χ2n) is 2.79. The summed E-state index contributed by atoms with van der Waals surface area (Å²) in [4.78, 5) is 4.35. The monoisotopic (exact) mass is 221 g/mol. The van der Waals surface area contributed by atoms with Crippen LogP contribution in [0.1, 0.15) is 6.92 Å². The first-order valence-corrected chi connectivity index (χ1v) is 5.46. The van der Waals surface area contributed by atoms with Crippen LogP contribution in [0.15, 0.2) is 29.4 Å². The van der Waals surface area contributed by atoms with Gasteiger partial charge in [0, 0.05) is 0 Å². The molecule has 2 aromatic rings. The van der Waals surface area contributed by atoms with E-state index >= 15 is 0 Å². The molecule has 0 unspecified atom stereocenters. The van der Waals surface area contributed by atoms with Crippen LogP contribution in [0.4, 0.5) is 5.13 Å². The van der Waals surface area contributed by atoms with Crippen molar-refractivity contribution in [1.82, 2.24) is 4.98 Å². The molecule has 0 saturated heterocycles. The van der Waals surface area contributed by atoms with E-state index in [-0.39, 0.29) is 0 Å². The molecule has 1 heterocycles. The Morgan fingerprint density at radius 2 is 2.40 bits per heavy atom. The third kappa shape index (κ3) is 2.44. The highest BCUT2D eigenvalue weighted by molar-refractivity contribution is 7.22. The number of para-hydroxylation sites is 1. The van der Waals surface area contributed by atoms with Crippen molar-refractivity contribution in [2.45, 2.75) is 6.92 Å². The predicted molar refractivity (Wildman–Crippen MR) is 63.4 cm³/mol. The van der Waals surface area contributed by atoms with Crippen molar-refractivity contribution in [1.29, 1.82) is 0 Å². The van der Waals surface area contributed by atoms with Crippen molar-refractivity contribution in [3.8, 4) is 0 Å². The van der Waals surface area contributed by atoms with E-state index in [4.69, 9.17) is 4.74 Å². The Morgan fingerprint density at radius 3 is 3.20 bits per heavy atom. The quantitative estimate of drug-likeness (QED) is 0.490. The highest BCUT2D eigenvalue weighted by Gasteiger charge is 2.00. The molecular formula is C10H11N3OS. The molecule has 0 saturated carbocycles. The van der Waals surface area contributed by atoms with E-state index < -0.39 is 0 Å². The number of anilines is 1. The Labute approximate surface area is 91.6 Å². The van der Waals surface area contributed by atoms with Gasteiger partial charge in [0.25, 0.3) is 0 Å². The number of thiazole rings is 1. The van der Waals surface area contributed by atoms with Gasteiger partial charge in [-0.05, 0) is 19.1 Å². The molecule has 0 atom stereocenters. The van der Waals surface area contributed by atoms with E-state index in [0.717, 1.165) is 15.3 Å². The Hall–Kier alpha value is -1.62. The summed E-state index contributed by atoms with van der Waals surface area (Å²) in [6.07, 6.45) is 1.38. The highest BCUT2D eigenvalue weighted by atomic mass is 32.1. The predicted octanol–water partition coefficient (Wildman–Crippen LogP) is 2.69. The van der Waals surface area contributed by atoms with E-state index in [1.54, 1.807) is 11.3 Å². The van der Waals surface area contributed by atoms with Crippen molar-refractivity contribution in [2.24, 2.45) is 5.10 Å². The number of hydrogen-bond acceptors (Lipinski definition) is 5. The fraction of sp³-hybridized carbons (Fsp3) is 0.200. The van der Waals surface area contributed by atoms with Crippen molar-refractivity contribution in [2.75, 3.05) is 12.0 Å². The Morgan fingerprint density at radius 1 is 1.53 bits per heavy atom. The van der Waals surface area contributed by atoms with Gasteiger partial charge in [-0.2, -0.15) is 0 Å². The molecular weight excluding hydrogens is 210 g/mol. The number of hydrogen-bond donors (Lipinski definition) is 1. The van der Waals surface area contributed by atoms with Gasteiger partial charge in [0.15, 0.2) is 6.40 Å². The van der Waals surface area contributed by atoms with Crippen LogP contribution in [0.2, 0.25) is 0 Å². The maximum absolute atomic E-state index is 4.95. The third-order valence-corrected chi connectivity index (χ3v) is 2.69. The maximum atomic E-state index is 4.95. The average Bonchev–Trinajstić information content (AvgIpc) is 2.67. The lowest BCUT2D eigenvalue weighted by Crippen LogP contribution is -1.91. The van der Waals surface area contributed by atoms with Gasteiger partial charge in [-0.3, -0.25) is 0 Å². The first kappa shape index (κ1) is 9.92. The second kappa shape index (κ2) is 4.75. The van der Waals surface area contributed by atoms with E-state index in [2.05, 4.69) is 15.5 Å². The van der Waals surface area contributed by atoms with E-state index in [9.17, 15) is 0 Å². The van der Waals surface area contributed by atoms with Crippen LogP contribution in [0.5, 0.6) is 0 Å². The molecule has 0 bridgehead atoms. The summed E-state index contributed by atoms with van der Waals surface area (Å²) in [7, 11) is 0. The number of nitrogens with one attached hydrogen (secondary N) is 1. The molecule has 0 fully saturated rings. The summed E-state index contributed by atoms with van der Waals surface area (Å²) in [6, 6.07) is 7.97. The highest BCUT2D eigenvalue weighted by Crippen LogP contribution is 2.24. The first-order valence-electron chi connectivity index (χ1n) is 4.65. The summed E-state index contributed by atoms with van der Waals surface area (Å²) in [5, 5.41) is 4.65. The molecule has 1 aromatic carbocycles. The summed E-state index contributed by atoms with van der Waals surface area (Å²) in [5.74, 6) is 0. The van der Waals surface area contributed by atoms with Crippen molar-refractivity contribution in [3.63, 3.8) is 0 Å². The van der Waals surface area contributed by atoms with E-state index in [0.29, 0.717) is 6.61 Å². The lowest BCUT2D eigenvalue weighted by atomic mass is 10.3. The molecule has 2 rings (SSSR count). The molecule has 0 amide bonds. The minimum atomic E-state index is 0.616. The number of benzene rings is 1. The number of aromatic nitrogens is 1. The van der Waals surface area contributed by atoms with Gasteiger partial charge in [0.1, 0.15) is 0 Å². The van der Waals surface area contributed by atoms with Crippen LogP contribution in [0.25, 0.3) is 10.2 Å². The van der Waals surface area contributed by atoms with Crippen molar-refractivity contribution < 1.29 is 4.74 Å². The molecule has 15 heavy (non-hydrogen) atoms. The topological polar surface area (TPSA) is 46.5 Å². The SMILES string of the molecule is CCOC=NNc1nc2ccccc2s1. The number of hydrazone groups is 1. The molecule has 0 spiro atoms. The summed E-state index contributed by atoms with van der Waals surface area (Å²) in [6.45, 7) is 2.52. The minimum absolute atomic E-state index is 0.616. The lowest BCUT2D eigenvalue weighted by Gasteiger charge is -1.92. The molecule has 5 heteroatoms. The van der Waals surface area contributed by atoms with Crippen molar-refractivity contribution >= 4 is 33.1 Å². The van der Waals surface area contributed by atoms with E-state index in [1.165, 1.54) is 6.40 Å².